The maximum atomic E-state index is 12.4. The summed E-state index contributed by atoms with van der Waals surface area (Å²) in [5.41, 5.74) is -0.0664. The highest BCUT2D eigenvalue weighted by molar-refractivity contribution is 5.90. The number of para-hydroxylation sites is 1. The number of carbonyl (C=O) groups excluding carboxylic acids is 1. The van der Waals surface area contributed by atoms with Gasteiger partial charge in [-0.3, -0.25) is 14.9 Å². The zero-order chi connectivity index (χ0) is 17.3. The van der Waals surface area contributed by atoms with Crippen molar-refractivity contribution in [1.82, 2.24) is 9.71 Å². The summed E-state index contributed by atoms with van der Waals surface area (Å²) in [5.74, 6) is -0.596. The molecule has 0 radical (unpaired) electrons. The van der Waals surface area contributed by atoms with Gasteiger partial charge in [0.25, 0.3) is 11.2 Å². The molecule has 0 aliphatic heterocycles. The van der Waals surface area contributed by atoms with Crippen molar-refractivity contribution in [2.24, 2.45) is 0 Å². The number of rotatable bonds is 3. The fourth-order valence-corrected chi connectivity index (χ4v) is 2.19. The molecule has 8 heteroatoms. The molecular formula is C16H11N3O5. The topological polar surface area (TPSA) is 104 Å². The molecule has 0 bridgehead atoms. The Hall–Kier alpha value is -3.55. The van der Waals surface area contributed by atoms with E-state index in [0.29, 0.717) is 10.9 Å². The average Bonchev–Trinajstić information content (AvgIpc) is 2.58. The average molecular weight is 325 g/mol. The highest BCUT2D eigenvalue weighted by Crippen LogP contribution is 2.12. The van der Waals surface area contributed by atoms with E-state index in [2.05, 4.69) is 4.98 Å². The summed E-state index contributed by atoms with van der Waals surface area (Å²) in [6.07, 6.45) is 0. The molecule has 0 saturated carbocycles. The summed E-state index contributed by atoms with van der Waals surface area (Å²) in [5, 5.41) is 10.9. The van der Waals surface area contributed by atoms with Crippen LogP contribution in [0, 0.1) is 17.0 Å². The van der Waals surface area contributed by atoms with E-state index >= 15 is 0 Å². The Morgan fingerprint density at radius 1 is 1.17 bits per heavy atom. The number of hydrogen-bond donors (Lipinski definition) is 0. The van der Waals surface area contributed by atoms with Gasteiger partial charge in [0.05, 0.1) is 21.4 Å². The van der Waals surface area contributed by atoms with E-state index in [4.69, 9.17) is 4.84 Å². The molecule has 0 aliphatic rings. The zero-order valence-electron chi connectivity index (χ0n) is 12.5. The van der Waals surface area contributed by atoms with Gasteiger partial charge in [0.1, 0.15) is 5.82 Å². The van der Waals surface area contributed by atoms with Crippen molar-refractivity contribution in [2.45, 2.75) is 6.92 Å². The number of nitro benzene ring substituents is 1. The first kappa shape index (κ1) is 15.3. The van der Waals surface area contributed by atoms with Gasteiger partial charge < -0.3 is 4.84 Å². The van der Waals surface area contributed by atoms with E-state index in [1.54, 1.807) is 24.3 Å². The molecule has 1 aromatic heterocycles. The molecule has 0 amide bonds. The molecule has 1 heterocycles. The minimum Gasteiger partial charge on any atom is -0.326 e. The lowest BCUT2D eigenvalue weighted by atomic mass is 10.2. The smallest absolute Gasteiger partial charge is 0.326 e. The second kappa shape index (κ2) is 5.92. The molecule has 0 atom stereocenters. The molecule has 2 aromatic carbocycles. The third-order valence-electron chi connectivity index (χ3n) is 3.38. The van der Waals surface area contributed by atoms with Gasteiger partial charge in [0.2, 0.25) is 0 Å². The van der Waals surface area contributed by atoms with Gasteiger partial charge in [-0.05, 0) is 31.2 Å². The number of fused-ring (bicyclic) bond motifs is 1. The lowest BCUT2D eigenvalue weighted by Crippen LogP contribution is -2.33. The van der Waals surface area contributed by atoms with Crippen LogP contribution in [0.5, 0.6) is 0 Å². The van der Waals surface area contributed by atoms with Crippen LogP contribution in [-0.4, -0.2) is 20.6 Å². The van der Waals surface area contributed by atoms with E-state index in [9.17, 15) is 19.7 Å². The number of nitro groups is 1. The van der Waals surface area contributed by atoms with Crippen molar-refractivity contribution >= 4 is 22.6 Å². The minimum atomic E-state index is -0.813. The molecular weight excluding hydrogens is 314 g/mol. The second-order valence-corrected chi connectivity index (χ2v) is 4.96. The third kappa shape index (κ3) is 2.72. The lowest BCUT2D eigenvalue weighted by Gasteiger charge is -2.10. The number of aromatic nitrogens is 2. The van der Waals surface area contributed by atoms with E-state index in [-0.39, 0.29) is 17.1 Å². The molecule has 8 nitrogen and oxygen atoms in total. The first-order chi connectivity index (χ1) is 11.5. The minimum absolute atomic E-state index is 0.0834. The molecule has 0 unspecified atom stereocenters. The quantitative estimate of drug-likeness (QED) is 0.538. The van der Waals surface area contributed by atoms with Gasteiger partial charge in [0.15, 0.2) is 0 Å². The summed E-state index contributed by atoms with van der Waals surface area (Å²) < 4.78 is 0.812. The van der Waals surface area contributed by atoms with Crippen LogP contribution in [0.3, 0.4) is 0 Å². The molecule has 3 aromatic rings. The van der Waals surface area contributed by atoms with Crippen molar-refractivity contribution in [2.75, 3.05) is 0 Å². The Morgan fingerprint density at radius 2 is 1.83 bits per heavy atom. The van der Waals surface area contributed by atoms with E-state index in [1.165, 1.54) is 31.2 Å². The monoisotopic (exact) mass is 325 g/mol. The van der Waals surface area contributed by atoms with Gasteiger partial charge in [-0.25, -0.2) is 9.78 Å². The summed E-state index contributed by atoms with van der Waals surface area (Å²) in [7, 11) is 0. The van der Waals surface area contributed by atoms with Gasteiger partial charge in [-0.1, -0.05) is 12.1 Å². The first-order valence-electron chi connectivity index (χ1n) is 6.93. The van der Waals surface area contributed by atoms with Gasteiger partial charge in [-0.2, -0.15) is 0 Å². The summed E-state index contributed by atoms with van der Waals surface area (Å²) in [6.45, 7) is 1.54. The Bertz CT molecular complexity index is 1010. The third-order valence-corrected chi connectivity index (χ3v) is 3.38. The summed E-state index contributed by atoms with van der Waals surface area (Å²) in [4.78, 5) is 43.9. The molecule has 0 aliphatic carbocycles. The van der Waals surface area contributed by atoms with Crippen molar-refractivity contribution < 1.29 is 14.6 Å². The van der Waals surface area contributed by atoms with Crippen LogP contribution in [0.15, 0.2) is 53.3 Å². The Kier molecular flexibility index (Phi) is 3.78. The predicted octanol–water partition coefficient (Wildman–Crippen LogP) is 1.88. The van der Waals surface area contributed by atoms with Crippen LogP contribution >= 0.6 is 0 Å². The lowest BCUT2D eigenvalue weighted by molar-refractivity contribution is -0.384. The van der Waals surface area contributed by atoms with E-state index in [1.807, 2.05) is 0 Å². The van der Waals surface area contributed by atoms with Crippen molar-refractivity contribution in [3.05, 3.63) is 80.4 Å². The molecule has 0 saturated heterocycles. The number of non-ortho nitro benzene ring substituents is 1. The van der Waals surface area contributed by atoms with Crippen molar-refractivity contribution in [1.29, 1.82) is 0 Å². The predicted molar refractivity (Wildman–Crippen MR) is 84.7 cm³/mol. The molecule has 24 heavy (non-hydrogen) atoms. The number of hydrogen-bond acceptors (Lipinski definition) is 6. The van der Waals surface area contributed by atoms with Gasteiger partial charge >= 0.3 is 5.97 Å². The van der Waals surface area contributed by atoms with Gasteiger partial charge in [0, 0.05) is 12.1 Å². The molecule has 120 valence electrons. The molecule has 3 rings (SSSR count). The van der Waals surface area contributed by atoms with Crippen molar-refractivity contribution in [3.8, 4) is 0 Å². The number of aryl methyl sites for hydroxylation is 1. The fraction of sp³-hybridized carbons (Fsp3) is 0.0625. The van der Waals surface area contributed by atoms with Crippen LogP contribution in [0.4, 0.5) is 5.69 Å². The van der Waals surface area contributed by atoms with Crippen LogP contribution in [0.25, 0.3) is 10.9 Å². The van der Waals surface area contributed by atoms with Crippen LogP contribution in [0.1, 0.15) is 16.2 Å². The van der Waals surface area contributed by atoms with E-state index < -0.39 is 16.5 Å². The van der Waals surface area contributed by atoms with E-state index in [0.717, 1.165) is 4.73 Å². The maximum absolute atomic E-state index is 12.4. The van der Waals surface area contributed by atoms with Gasteiger partial charge in [-0.15, -0.1) is 4.73 Å². The van der Waals surface area contributed by atoms with Crippen LogP contribution in [-0.2, 0) is 0 Å². The summed E-state index contributed by atoms with van der Waals surface area (Å²) >= 11 is 0. The zero-order valence-corrected chi connectivity index (χ0v) is 12.5. The molecule has 0 fully saturated rings. The van der Waals surface area contributed by atoms with Crippen LogP contribution < -0.4 is 10.4 Å². The van der Waals surface area contributed by atoms with Crippen LogP contribution in [0.2, 0.25) is 0 Å². The number of carbonyl (C=O) groups is 1. The Balaban J connectivity index is 1.96. The normalized spacial score (nSPS) is 10.5. The molecule has 0 spiro atoms. The number of nitrogens with zero attached hydrogens (tertiary/aromatic N) is 3. The summed E-state index contributed by atoms with van der Waals surface area (Å²) in [6, 6.07) is 11.6. The Labute approximate surface area is 135 Å². The Morgan fingerprint density at radius 3 is 2.50 bits per heavy atom. The van der Waals surface area contributed by atoms with Crippen molar-refractivity contribution in [3.63, 3.8) is 0 Å². The SMILES string of the molecule is Cc1nc2ccccc2c(=O)n1OC(=O)c1ccc([N+](=O)[O-])cc1. The number of benzene rings is 2. The highest BCUT2D eigenvalue weighted by atomic mass is 16.7. The largest absolute Gasteiger partial charge is 0.363 e. The second-order valence-electron chi connectivity index (χ2n) is 4.96. The highest BCUT2D eigenvalue weighted by Gasteiger charge is 2.15. The molecule has 0 N–H and O–H groups in total. The fourth-order valence-electron chi connectivity index (χ4n) is 2.19. The standard InChI is InChI=1S/C16H11N3O5/c1-10-17-14-5-3-2-4-13(14)15(20)18(10)24-16(21)11-6-8-12(9-7-11)19(22)23/h2-9H,1H3. The first-order valence-corrected chi connectivity index (χ1v) is 6.93. The maximum Gasteiger partial charge on any atom is 0.363 e.